The lowest BCUT2D eigenvalue weighted by atomic mass is 10.2. The Hall–Kier alpha value is -0.860. The van der Waals surface area contributed by atoms with Gasteiger partial charge in [0.1, 0.15) is 0 Å². The quantitative estimate of drug-likeness (QED) is 0.704. The highest BCUT2D eigenvalue weighted by molar-refractivity contribution is 5.13. The van der Waals surface area contributed by atoms with Gasteiger partial charge in [-0.05, 0) is 18.4 Å². The fraction of sp³-hybridized carbons (Fsp3) is 0.500. The molecule has 0 spiro atoms. The average Bonchev–Trinajstić information content (AvgIpc) is 2.25. The Kier molecular flexibility index (Phi) is 5.27. The Bertz CT molecular complexity index is 235. The van der Waals surface area contributed by atoms with Crippen molar-refractivity contribution in [3.05, 3.63) is 35.9 Å². The maximum Gasteiger partial charge on any atom is 0.0716 e. The number of nitrogens with two attached hydrogens (primary N) is 1. The van der Waals surface area contributed by atoms with Crippen LogP contribution in [-0.4, -0.2) is 12.6 Å². The summed E-state index contributed by atoms with van der Waals surface area (Å²) < 4.78 is 5.51. The number of rotatable bonds is 6. The Morgan fingerprint density at radius 3 is 2.64 bits per heavy atom. The van der Waals surface area contributed by atoms with E-state index < -0.39 is 0 Å². The third kappa shape index (κ3) is 4.40. The second-order valence-electron chi connectivity index (χ2n) is 3.50. The molecule has 0 saturated heterocycles. The van der Waals surface area contributed by atoms with Gasteiger partial charge in [0.05, 0.1) is 6.61 Å². The summed E-state index contributed by atoms with van der Waals surface area (Å²) in [5.74, 6) is 0. The Morgan fingerprint density at radius 2 is 2.00 bits per heavy atom. The van der Waals surface area contributed by atoms with Crippen molar-refractivity contribution in [2.45, 2.75) is 32.4 Å². The van der Waals surface area contributed by atoms with Crippen LogP contribution < -0.4 is 5.73 Å². The molecular formula is C12H19NO. The van der Waals surface area contributed by atoms with Crippen LogP contribution >= 0.6 is 0 Å². The Labute approximate surface area is 86.1 Å². The fourth-order valence-corrected chi connectivity index (χ4v) is 1.20. The summed E-state index contributed by atoms with van der Waals surface area (Å²) in [6.07, 6.45) is 1.97. The van der Waals surface area contributed by atoms with Crippen LogP contribution in [0.4, 0.5) is 0 Å². The number of hydrogen-bond acceptors (Lipinski definition) is 2. The Morgan fingerprint density at radius 1 is 1.29 bits per heavy atom. The van der Waals surface area contributed by atoms with E-state index in [1.165, 1.54) is 5.56 Å². The van der Waals surface area contributed by atoms with Crippen LogP contribution in [0.25, 0.3) is 0 Å². The second kappa shape index (κ2) is 6.57. The topological polar surface area (TPSA) is 35.2 Å². The number of benzene rings is 1. The molecule has 0 bridgehead atoms. The van der Waals surface area contributed by atoms with E-state index in [0.717, 1.165) is 19.4 Å². The molecule has 1 rings (SSSR count). The largest absolute Gasteiger partial charge is 0.377 e. The van der Waals surface area contributed by atoms with Gasteiger partial charge in [-0.1, -0.05) is 37.3 Å². The molecule has 0 saturated carbocycles. The summed E-state index contributed by atoms with van der Waals surface area (Å²) in [7, 11) is 0. The Balaban J connectivity index is 2.10. The SMILES string of the molecule is CCC(N)CCOCc1ccccc1. The zero-order valence-electron chi connectivity index (χ0n) is 8.78. The van der Waals surface area contributed by atoms with Gasteiger partial charge in [0.15, 0.2) is 0 Å². The molecule has 0 amide bonds. The van der Waals surface area contributed by atoms with Crippen molar-refractivity contribution in [3.63, 3.8) is 0 Å². The monoisotopic (exact) mass is 193 g/mol. The molecule has 0 heterocycles. The van der Waals surface area contributed by atoms with E-state index in [-0.39, 0.29) is 6.04 Å². The molecule has 0 aliphatic carbocycles. The van der Waals surface area contributed by atoms with Crippen molar-refractivity contribution >= 4 is 0 Å². The number of ether oxygens (including phenoxy) is 1. The molecule has 0 fully saturated rings. The third-order valence-electron chi connectivity index (χ3n) is 2.27. The van der Waals surface area contributed by atoms with Crippen molar-refractivity contribution < 1.29 is 4.74 Å². The molecule has 0 aliphatic heterocycles. The van der Waals surface area contributed by atoms with Crippen LogP contribution in [0.2, 0.25) is 0 Å². The van der Waals surface area contributed by atoms with Gasteiger partial charge in [-0.15, -0.1) is 0 Å². The molecule has 14 heavy (non-hydrogen) atoms. The van der Waals surface area contributed by atoms with E-state index in [0.29, 0.717) is 6.61 Å². The molecule has 0 aromatic heterocycles. The maximum absolute atomic E-state index is 5.77. The van der Waals surface area contributed by atoms with Gasteiger partial charge in [0, 0.05) is 12.6 Å². The minimum atomic E-state index is 0.283. The smallest absolute Gasteiger partial charge is 0.0716 e. The summed E-state index contributed by atoms with van der Waals surface area (Å²) in [6.45, 7) is 3.54. The molecule has 1 unspecified atom stereocenters. The van der Waals surface area contributed by atoms with Crippen molar-refractivity contribution in [2.24, 2.45) is 5.73 Å². The first kappa shape index (κ1) is 11.2. The fourth-order valence-electron chi connectivity index (χ4n) is 1.20. The molecule has 0 radical (unpaired) electrons. The summed E-state index contributed by atoms with van der Waals surface area (Å²) in [5.41, 5.74) is 6.99. The first-order valence-electron chi connectivity index (χ1n) is 5.20. The van der Waals surface area contributed by atoms with Crippen LogP contribution in [0.3, 0.4) is 0 Å². The molecule has 1 aromatic rings. The average molecular weight is 193 g/mol. The van der Waals surface area contributed by atoms with Crippen LogP contribution in [0, 0.1) is 0 Å². The number of hydrogen-bond donors (Lipinski definition) is 1. The summed E-state index contributed by atoms with van der Waals surface area (Å²) in [4.78, 5) is 0. The standard InChI is InChI=1S/C12H19NO/c1-2-12(13)8-9-14-10-11-6-4-3-5-7-11/h3-7,12H,2,8-10,13H2,1H3. The lowest BCUT2D eigenvalue weighted by Crippen LogP contribution is -2.20. The third-order valence-corrected chi connectivity index (χ3v) is 2.27. The molecule has 0 aliphatic rings. The van der Waals surface area contributed by atoms with Gasteiger partial charge in [-0.2, -0.15) is 0 Å². The van der Waals surface area contributed by atoms with E-state index in [1.807, 2.05) is 18.2 Å². The summed E-state index contributed by atoms with van der Waals surface area (Å²) >= 11 is 0. The zero-order chi connectivity index (χ0) is 10.2. The van der Waals surface area contributed by atoms with Gasteiger partial charge in [0.25, 0.3) is 0 Å². The van der Waals surface area contributed by atoms with Crippen LogP contribution in [0.15, 0.2) is 30.3 Å². The van der Waals surface area contributed by atoms with E-state index in [2.05, 4.69) is 19.1 Å². The van der Waals surface area contributed by atoms with E-state index in [1.54, 1.807) is 0 Å². The molecule has 2 nitrogen and oxygen atoms in total. The minimum absolute atomic E-state index is 0.283. The minimum Gasteiger partial charge on any atom is -0.377 e. The molecule has 2 heteroatoms. The highest BCUT2D eigenvalue weighted by Crippen LogP contribution is 2.01. The molecule has 1 aromatic carbocycles. The van der Waals surface area contributed by atoms with E-state index in [4.69, 9.17) is 10.5 Å². The lowest BCUT2D eigenvalue weighted by Gasteiger charge is -2.08. The predicted molar refractivity (Wildman–Crippen MR) is 59.0 cm³/mol. The first-order valence-corrected chi connectivity index (χ1v) is 5.20. The van der Waals surface area contributed by atoms with Crippen LogP contribution in [-0.2, 0) is 11.3 Å². The van der Waals surface area contributed by atoms with E-state index in [9.17, 15) is 0 Å². The van der Waals surface area contributed by atoms with Gasteiger partial charge in [-0.3, -0.25) is 0 Å². The van der Waals surface area contributed by atoms with Crippen molar-refractivity contribution in [2.75, 3.05) is 6.61 Å². The van der Waals surface area contributed by atoms with Crippen LogP contribution in [0.1, 0.15) is 25.3 Å². The van der Waals surface area contributed by atoms with Gasteiger partial charge >= 0.3 is 0 Å². The molecule has 78 valence electrons. The lowest BCUT2D eigenvalue weighted by molar-refractivity contribution is 0.114. The first-order chi connectivity index (χ1) is 6.83. The summed E-state index contributed by atoms with van der Waals surface area (Å²) in [5, 5.41) is 0. The second-order valence-corrected chi connectivity index (χ2v) is 3.50. The molecule has 1 atom stereocenters. The zero-order valence-corrected chi connectivity index (χ0v) is 8.78. The van der Waals surface area contributed by atoms with Crippen molar-refractivity contribution in [1.29, 1.82) is 0 Å². The highest BCUT2D eigenvalue weighted by Gasteiger charge is 1.98. The molecule has 2 N–H and O–H groups in total. The molecular weight excluding hydrogens is 174 g/mol. The van der Waals surface area contributed by atoms with Gasteiger partial charge in [-0.25, -0.2) is 0 Å². The van der Waals surface area contributed by atoms with Gasteiger partial charge in [0.2, 0.25) is 0 Å². The summed E-state index contributed by atoms with van der Waals surface area (Å²) in [6, 6.07) is 10.5. The highest BCUT2D eigenvalue weighted by atomic mass is 16.5. The predicted octanol–water partition coefficient (Wildman–Crippen LogP) is 2.33. The van der Waals surface area contributed by atoms with Crippen molar-refractivity contribution in [3.8, 4) is 0 Å². The van der Waals surface area contributed by atoms with E-state index >= 15 is 0 Å². The van der Waals surface area contributed by atoms with Crippen molar-refractivity contribution in [1.82, 2.24) is 0 Å². The normalized spacial score (nSPS) is 12.7. The van der Waals surface area contributed by atoms with Gasteiger partial charge < -0.3 is 10.5 Å². The maximum atomic E-state index is 5.77. The van der Waals surface area contributed by atoms with Crippen LogP contribution in [0.5, 0.6) is 0 Å².